The van der Waals surface area contributed by atoms with Gasteiger partial charge in [0.1, 0.15) is 5.82 Å². The van der Waals surface area contributed by atoms with Crippen LogP contribution in [0.4, 0.5) is 4.39 Å². The molecule has 4 nitrogen and oxygen atoms in total. The fourth-order valence-corrected chi connectivity index (χ4v) is 2.23. The van der Waals surface area contributed by atoms with E-state index in [0.717, 1.165) is 11.1 Å². The van der Waals surface area contributed by atoms with Crippen LogP contribution < -0.4 is 11.5 Å². The highest BCUT2D eigenvalue weighted by molar-refractivity contribution is 6.30. The number of carbonyl (C=O) groups is 1. The smallest absolute Gasteiger partial charge is 0.256 e. The van der Waals surface area contributed by atoms with Crippen LogP contribution in [0, 0.1) is 5.82 Å². The minimum absolute atomic E-state index is 0.289. The lowest BCUT2D eigenvalue weighted by molar-refractivity contribution is -0.119. The Morgan fingerprint density at radius 2 is 1.68 bits per heavy atom. The number of carbonyl (C=O) groups excluding carboxylic acids is 1. The second-order valence-electron chi connectivity index (χ2n) is 4.81. The summed E-state index contributed by atoms with van der Waals surface area (Å²) in [5.41, 5.74) is 12.1. The number of guanidine groups is 1. The first-order valence-corrected chi connectivity index (χ1v) is 6.97. The van der Waals surface area contributed by atoms with Crippen LogP contribution in [0.25, 0.3) is 0 Å². The average Bonchev–Trinajstić information content (AvgIpc) is 2.47. The number of amides is 1. The van der Waals surface area contributed by atoms with E-state index in [1.54, 1.807) is 36.4 Å². The summed E-state index contributed by atoms with van der Waals surface area (Å²) in [6, 6.07) is 12.8. The maximum Gasteiger partial charge on any atom is 0.256 e. The van der Waals surface area contributed by atoms with Gasteiger partial charge < -0.3 is 11.5 Å². The van der Waals surface area contributed by atoms with E-state index in [0.29, 0.717) is 11.4 Å². The molecule has 0 bridgehead atoms. The van der Waals surface area contributed by atoms with E-state index in [4.69, 9.17) is 23.1 Å². The summed E-state index contributed by atoms with van der Waals surface area (Å²) in [5.74, 6) is -1.64. The van der Waals surface area contributed by atoms with Crippen LogP contribution in [0.15, 0.2) is 53.5 Å². The Kier molecular flexibility index (Phi) is 5.12. The summed E-state index contributed by atoms with van der Waals surface area (Å²) in [6.07, 6.45) is 0.359. The third-order valence-corrected chi connectivity index (χ3v) is 3.41. The molecule has 0 heterocycles. The minimum atomic E-state index is -0.565. The van der Waals surface area contributed by atoms with Crippen molar-refractivity contribution in [3.63, 3.8) is 0 Å². The van der Waals surface area contributed by atoms with Crippen LogP contribution in [-0.2, 0) is 11.2 Å². The molecular weight excluding hydrogens is 305 g/mol. The van der Waals surface area contributed by atoms with Crippen molar-refractivity contribution in [2.75, 3.05) is 0 Å². The molecule has 2 aromatic carbocycles. The van der Waals surface area contributed by atoms with Crippen molar-refractivity contribution in [1.29, 1.82) is 0 Å². The number of rotatable bonds is 4. The molecule has 0 aromatic heterocycles. The van der Waals surface area contributed by atoms with Crippen molar-refractivity contribution in [3.05, 3.63) is 70.5 Å². The Labute approximate surface area is 132 Å². The van der Waals surface area contributed by atoms with Gasteiger partial charge in [-0.1, -0.05) is 35.9 Å². The molecule has 114 valence electrons. The number of nitrogens with zero attached hydrogens (tertiary/aromatic N) is 1. The molecule has 0 aliphatic rings. The van der Waals surface area contributed by atoms with Gasteiger partial charge in [-0.3, -0.25) is 4.79 Å². The van der Waals surface area contributed by atoms with E-state index in [1.807, 2.05) is 0 Å². The summed E-state index contributed by atoms with van der Waals surface area (Å²) in [7, 11) is 0. The highest BCUT2D eigenvalue weighted by atomic mass is 35.5. The Hall–Kier alpha value is -2.40. The molecule has 0 saturated carbocycles. The molecule has 0 spiro atoms. The van der Waals surface area contributed by atoms with E-state index in [1.165, 1.54) is 12.1 Å². The number of halogens is 2. The Morgan fingerprint density at radius 1 is 1.09 bits per heavy atom. The fraction of sp³-hybridized carbons (Fsp3) is 0.125. The molecule has 1 amide bonds. The first kappa shape index (κ1) is 16.0. The standard InChI is InChI=1S/C16H15ClFN3O/c17-12-5-3-11(4-6-12)14(15(22)21-16(19)20)9-10-1-7-13(18)8-2-10/h1-8,14H,9H2,(H4,19,20,21,22)/t14-/m1/s1. The average molecular weight is 320 g/mol. The zero-order valence-electron chi connectivity index (χ0n) is 11.7. The van der Waals surface area contributed by atoms with Crippen LogP contribution in [0.3, 0.4) is 0 Å². The van der Waals surface area contributed by atoms with Crippen molar-refractivity contribution >= 4 is 23.5 Å². The lowest BCUT2D eigenvalue weighted by atomic mass is 9.91. The third-order valence-electron chi connectivity index (χ3n) is 3.16. The number of hydrogen-bond acceptors (Lipinski definition) is 1. The van der Waals surface area contributed by atoms with Crippen LogP contribution in [0.2, 0.25) is 5.02 Å². The van der Waals surface area contributed by atoms with Crippen molar-refractivity contribution < 1.29 is 9.18 Å². The van der Waals surface area contributed by atoms with E-state index in [-0.39, 0.29) is 11.8 Å². The summed E-state index contributed by atoms with van der Waals surface area (Å²) >= 11 is 5.86. The predicted octanol–water partition coefficient (Wildman–Crippen LogP) is 2.61. The van der Waals surface area contributed by atoms with Gasteiger partial charge in [-0.05, 0) is 41.8 Å². The Bertz CT molecular complexity index is 680. The molecule has 2 aromatic rings. The summed E-state index contributed by atoms with van der Waals surface area (Å²) in [6.45, 7) is 0. The molecule has 0 unspecified atom stereocenters. The third kappa shape index (κ3) is 4.30. The van der Waals surface area contributed by atoms with E-state index >= 15 is 0 Å². The molecule has 0 aliphatic carbocycles. The zero-order chi connectivity index (χ0) is 16.1. The van der Waals surface area contributed by atoms with E-state index < -0.39 is 11.8 Å². The van der Waals surface area contributed by atoms with Crippen LogP contribution in [-0.4, -0.2) is 11.9 Å². The van der Waals surface area contributed by atoms with Crippen molar-refractivity contribution in [1.82, 2.24) is 0 Å². The highest BCUT2D eigenvalue weighted by Crippen LogP contribution is 2.24. The quantitative estimate of drug-likeness (QED) is 0.671. The van der Waals surface area contributed by atoms with Crippen LogP contribution >= 0.6 is 11.6 Å². The SMILES string of the molecule is NC(N)=NC(=O)[C@H](Cc1ccc(F)cc1)c1ccc(Cl)cc1. The lowest BCUT2D eigenvalue weighted by Crippen LogP contribution is -2.26. The van der Waals surface area contributed by atoms with Gasteiger partial charge in [0, 0.05) is 5.02 Å². The molecule has 22 heavy (non-hydrogen) atoms. The minimum Gasteiger partial charge on any atom is -0.370 e. The van der Waals surface area contributed by atoms with Gasteiger partial charge in [-0.2, -0.15) is 4.99 Å². The molecule has 2 rings (SSSR count). The van der Waals surface area contributed by atoms with Gasteiger partial charge in [-0.25, -0.2) is 4.39 Å². The predicted molar refractivity (Wildman–Crippen MR) is 85.1 cm³/mol. The van der Waals surface area contributed by atoms with Gasteiger partial charge in [-0.15, -0.1) is 0 Å². The summed E-state index contributed by atoms with van der Waals surface area (Å²) < 4.78 is 13.0. The van der Waals surface area contributed by atoms with Gasteiger partial charge in [0.25, 0.3) is 5.91 Å². The van der Waals surface area contributed by atoms with Crippen LogP contribution in [0.5, 0.6) is 0 Å². The maximum absolute atomic E-state index is 13.0. The molecule has 0 fully saturated rings. The summed E-state index contributed by atoms with van der Waals surface area (Å²) in [5, 5.41) is 0.568. The van der Waals surface area contributed by atoms with Crippen molar-refractivity contribution in [2.45, 2.75) is 12.3 Å². The molecule has 0 saturated heterocycles. The molecule has 1 atom stereocenters. The van der Waals surface area contributed by atoms with Gasteiger partial charge in [0.2, 0.25) is 0 Å². The lowest BCUT2D eigenvalue weighted by Gasteiger charge is -2.14. The van der Waals surface area contributed by atoms with Crippen LogP contribution in [0.1, 0.15) is 17.0 Å². The number of hydrogen-bond donors (Lipinski definition) is 2. The molecule has 0 radical (unpaired) electrons. The molecule has 4 N–H and O–H groups in total. The summed E-state index contributed by atoms with van der Waals surface area (Å²) in [4.78, 5) is 15.9. The highest BCUT2D eigenvalue weighted by Gasteiger charge is 2.21. The normalized spacial score (nSPS) is 11.7. The monoisotopic (exact) mass is 319 g/mol. The molecule has 6 heteroatoms. The zero-order valence-corrected chi connectivity index (χ0v) is 12.4. The Balaban J connectivity index is 2.32. The fourth-order valence-electron chi connectivity index (χ4n) is 2.10. The Morgan fingerprint density at radius 3 is 2.23 bits per heavy atom. The first-order chi connectivity index (χ1) is 10.5. The maximum atomic E-state index is 13.0. The largest absolute Gasteiger partial charge is 0.370 e. The second-order valence-corrected chi connectivity index (χ2v) is 5.25. The van der Waals surface area contributed by atoms with E-state index in [9.17, 15) is 9.18 Å². The van der Waals surface area contributed by atoms with Gasteiger partial charge in [0.15, 0.2) is 5.96 Å². The molecular formula is C16H15ClFN3O. The number of benzene rings is 2. The topological polar surface area (TPSA) is 81.5 Å². The number of nitrogens with two attached hydrogens (primary N) is 2. The van der Waals surface area contributed by atoms with Gasteiger partial charge in [0.05, 0.1) is 5.92 Å². The number of aliphatic imine (C=N–C) groups is 1. The van der Waals surface area contributed by atoms with Crippen molar-refractivity contribution in [3.8, 4) is 0 Å². The molecule has 0 aliphatic heterocycles. The first-order valence-electron chi connectivity index (χ1n) is 6.59. The van der Waals surface area contributed by atoms with Gasteiger partial charge >= 0.3 is 0 Å². The second kappa shape index (κ2) is 7.04. The van der Waals surface area contributed by atoms with E-state index in [2.05, 4.69) is 4.99 Å². The van der Waals surface area contributed by atoms with Crippen molar-refractivity contribution in [2.24, 2.45) is 16.5 Å².